The SMILES string of the molecule is CCNc1cc(NC(C)c2ccc(C)o2)ncn1. The fraction of sp³-hybridized carbons (Fsp3) is 0.385. The van der Waals surface area contributed by atoms with Crippen LogP contribution in [-0.4, -0.2) is 16.5 Å². The van der Waals surface area contributed by atoms with Crippen molar-refractivity contribution >= 4 is 11.6 Å². The van der Waals surface area contributed by atoms with Crippen molar-refractivity contribution in [2.75, 3.05) is 17.2 Å². The van der Waals surface area contributed by atoms with E-state index in [1.807, 2.05) is 39.0 Å². The molecule has 2 aromatic rings. The maximum Gasteiger partial charge on any atom is 0.132 e. The quantitative estimate of drug-likeness (QED) is 0.849. The van der Waals surface area contributed by atoms with Crippen LogP contribution in [0.3, 0.4) is 0 Å². The lowest BCUT2D eigenvalue weighted by Gasteiger charge is -2.12. The van der Waals surface area contributed by atoms with Crippen molar-refractivity contribution in [2.45, 2.75) is 26.8 Å². The van der Waals surface area contributed by atoms with Gasteiger partial charge in [0, 0.05) is 12.6 Å². The van der Waals surface area contributed by atoms with E-state index in [1.54, 1.807) is 6.33 Å². The van der Waals surface area contributed by atoms with E-state index in [9.17, 15) is 0 Å². The summed E-state index contributed by atoms with van der Waals surface area (Å²) in [6, 6.07) is 5.88. The number of furan rings is 1. The number of nitrogens with one attached hydrogen (secondary N) is 2. The fourth-order valence-corrected chi connectivity index (χ4v) is 1.69. The second kappa shape index (κ2) is 5.53. The van der Waals surface area contributed by atoms with Crippen molar-refractivity contribution in [2.24, 2.45) is 0 Å². The van der Waals surface area contributed by atoms with Gasteiger partial charge in [-0.15, -0.1) is 0 Å². The van der Waals surface area contributed by atoms with Crippen LogP contribution < -0.4 is 10.6 Å². The van der Waals surface area contributed by atoms with Gasteiger partial charge in [0.05, 0.1) is 6.04 Å². The van der Waals surface area contributed by atoms with Gasteiger partial charge in [0.2, 0.25) is 0 Å². The van der Waals surface area contributed by atoms with Crippen molar-refractivity contribution < 1.29 is 4.42 Å². The summed E-state index contributed by atoms with van der Waals surface area (Å²) in [6.07, 6.45) is 1.54. The Bertz CT molecular complexity index is 509. The first-order valence-corrected chi connectivity index (χ1v) is 6.08. The van der Waals surface area contributed by atoms with Gasteiger partial charge in [-0.3, -0.25) is 0 Å². The third kappa shape index (κ3) is 3.00. The van der Waals surface area contributed by atoms with Gasteiger partial charge in [-0.1, -0.05) is 0 Å². The van der Waals surface area contributed by atoms with Crippen LogP contribution in [0.2, 0.25) is 0 Å². The number of aryl methyl sites for hydroxylation is 1. The highest BCUT2D eigenvalue weighted by Crippen LogP contribution is 2.20. The second-order valence-electron chi connectivity index (χ2n) is 4.13. The predicted molar refractivity (Wildman–Crippen MR) is 71.7 cm³/mol. The lowest BCUT2D eigenvalue weighted by Crippen LogP contribution is -2.08. The molecule has 0 aliphatic rings. The van der Waals surface area contributed by atoms with Crippen molar-refractivity contribution in [3.63, 3.8) is 0 Å². The number of anilines is 2. The van der Waals surface area contributed by atoms with Crippen LogP contribution in [0.5, 0.6) is 0 Å². The molecule has 5 heteroatoms. The molecule has 2 N–H and O–H groups in total. The lowest BCUT2D eigenvalue weighted by molar-refractivity contribution is 0.466. The molecule has 0 amide bonds. The third-order valence-electron chi connectivity index (χ3n) is 2.58. The van der Waals surface area contributed by atoms with Crippen molar-refractivity contribution in [3.05, 3.63) is 36.0 Å². The summed E-state index contributed by atoms with van der Waals surface area (Å²) < 4.78 is 5.57. The van der Waals surface area contributed by atoms with Gasteiger partial charge in [0.25, 0.3) is 0 Å². The number of hydrogen-bond donors (Lipinski definition) is 2. The molecule has 2 rings (SSSR count). The van der Waals surface area contributed by atoms with Crippen LogP contribution >= 0.6 is 0 Å². The van der Waals surface area contributed by atoms with E-state index in [4.69, 9.17) is 4.42 Å². The summed E-state index contributed by atoms with van der Waals surface area (Å²) in [7, 11) is 0. The largest absolute Gasteiger partial charge is 0.464 e. The van der Waals surface area contributed by atoms with Gasteiger partial charge in [-0.25, -0.2) is 9.97 Å². The molecule has 2 heterocycles. The Morgan fingerprint density at radius 3 is 2.72 bits per heavy atom. The molecule has 0 saturated carbocycles. The summed E-state index contributed by atoms with van der Waals surface area (Å²) in [4.78, 5) is 8.32. The molecule has 1 unspecified atom stereocenters. The zero-order valence-corrected chi connectivity index (χ0v) is 10.9. The molecule has 0 bridgehead atoms. The van der Waals surface area contributed by atoms with Gasteiger partial charge in [0.1, 0.15) is 29.5 Å². The number of aromatic nitrogens is 2. The molecule has 1 atom stereocenters. The third-order valence-corrected chi connectivity index (χ3v) is 2.58. The van der Waals surface area contributed by atoms with Gasteiger partial charge < -0.3 is 15.1 Å². The maximum atomic E-state index is 5.57. The normalized spacial score (nSPS) is 12.2. The van der Waals surface area contributed by atoms with Crippen molar-refractivity contribution in [1.29, 1.82) is 0 Å². The van der Waals surface area contributed by atoms with Crippen LogP contribution in [-0.2, 0) is 0 Å². The van der Waals surface area contributed by atoms with Crippen LogP contribution in [0.4, 0.5) is 11.6 Å². The molecule has 0 aliphatic carbocycles. The highest BCUT2D eigenvalue weighted by atomic mass is 16.3. The molecule has 5 nitrogen and oxygen atoms in total. The minimum atomic E-state index is 0.0723. The zero-order valence-electron chi connectivity index (χ0n) is 10.9. The summed E-state index contributed by atoms with van der Waals surface area (Å²) in [5.41, 5.74) is 0. The predicted octanol–water partition coefficient (Wildman–Crippen LogP) is 2.98. The molecule has 18 heavy (non-hydrogen) atoms. The van der Waals surface area contributed by atoms with Crippen LogP contribution in [0, 0.1) is 6.92 Å². The van der Waals surface area contributed by atoms with Gasteiger partial charge in [0.15, 0.2) is 0 Å². The lowest BCUT2D eigenvalue weighted by atomic mass is 10.2. The minimum absolute atomic E-state index is 0.0723. The second-order valence-corrected chi connectivity index (χ2v) is 4.13. The van der Waals surface area contributed by atoms with Gasteiger partial charge in [-0.05, 0) is 32.9 Å². The average molecular weight is 246 g/mol. The van der Waals surface area contributed by atoms with E-state index in [2.05, 4.69) is 20.6 Å². The average Bonchev–Trinajstić information content (AvgIpc) is 2.77. The van der Waals surface area contributed by atoms with Crippen LogP contribution in [0.15, 0.2) is 28.9 Å². The number of hydrogen-bond acceptors (Lipinski definition) is 5. The summed E-state index contributed by atoms with van der Waals surface area (Å²) in [5, 5.41) is 6.44. The van der Waals surface area contributed by atoms with E-state index in [0.717, 1.165) is 29.7 Å². The smallest absolute Gasteiger partial charge is 0.132 e. The Balaban J connectivity index is 2.06. The Morgan fingerprint density at radius 1 is 1.28 bits per heavy atom. The molecule has 0 aromatic carbocycles. The minimum Gasteiger partial charge on any atom is -0.464 e. The van der Waals surface area contributed by atoms with Gasteiger partial charge >= 0.3 is 0 Å². The number of rotatable bonds is 5. The molecule has 0 spiro atoms. The first-order valence-electron chi connectivity index (χ1n) is 6.08. The highest BCUT2D eigenvalue weighted by Gasteiger charge is 2.10. The highest BCUT2D eigenvalue weighted by molar-refractivity contribution is 5.47. The summed E-state index contributed by atoms with van der Waals surface area (Å²) in [6.45, 7) is 6.84. The van der Waals surface area contributed by atoms with Crippen molar-refractivity contribution in [1.82, 2.24) is 9.97 Å². The summed E-state index contributed by atoms with van der Waals surface area (Å²) >= 11 is 0. The monoisotopic (exact) mass is 246 g/mol. The molecule has 96 valence electrons. The fourth-order valence-electron chi connectivity index (χ4n) is 1.69. The molecular weight excluding hydrogens is 228 g/mol. The van der Waals surface area contributed by atoms with Crippen LogP contribution in [0.1, 0.15) is 31.4 Å². The standard InChI is InChI=1S/C13H18N4O/c1-4-14-12-7-13(16-8-15-12)17-10(3)11-6-5-9(2)18-11/h5-8,10H,4H2,1-3H3,(H2,14,15,16,17). The van der Waals surface area contributed by atoms with E-state index >= 15 is 0 Å². The molecule has 2 aromatic heterocycles. The Kier molecular flexibility index (Phi) is 3.82. The van der Waals surface area contributed by atoms with Crippen LogP contribution in [0.25, 0.3) is 0 Å². The number of nitrogens with zero attached hydrogens (tertiary/aromatic N) is 2. The Labute approximate surface area is 107 Å². The molecule has 0 aliphatic heterocycles. The Hall–Kier alpha value is -2.04. The molecule has 0 fully saturated rings. The first-order chi connectivity index (χ1) is 8.69. The van der Waals surface area contributed by atoms with Crippen molar-refractivity contribution in [3.8, 4) is 0 Å². The van der Waals surface area contributed by atoms with E-state index in [-0.39, 0.29) is 6.04 Å². The van der Waals surface area contributed by atoms with E-state index in [1.165, 1.54) is 0 Å². The molecule has 0 radical (unpaired) electrons. The maximum absolute atomic E-state index is 5.57. The topological polar surface area (TPSA) is 63.0 Å². The molecular formula is C13H18N4O. The zero-order chi connectivity index (χ0) is 13.0. The first kappa shape index (κ1) is 12.4. The van der Waals surface area contributed by atoms with E-state index in [0.29, 0.717) is 0 Å². The van der Waals surface area contributed by atoms with Gasteiger partial charge in [-0.2, -0.15) is 0 Å². The Morgan fingerprint density at radius 2 is 2.06 bits per heavy atom. The molecule has 0 saturated heterocycles. The summed E-state index contributed by atoms with van der Waals surface area (Å²) in [5.74, 6) is 3.41. The van der Waals surface area contributed by atoms with E-state index < -0.39 is 0 Å².